The van der Waals surface area contributed by atoms with Crippen LogP contribution >= 0.6 is 0 Å². The molecule has 0 radical (unpaired) electrons. The van der Waals surface area contributed by atoms with Gasteiger partial charge in [0.1, 0.15) is 0 Å². The molecule has 1 amide bonds. The minimum absolute atomic E-state index is 0.0422. The van der Waals surface area contributed by atoms with E-state index in [1.807, 2.05) is 0 Å². The molecule has 1 aromatic rings. The van der Waals surface area contributed by atoms with Crippen molar-refractivity contribution in [1.82, 2.24) is 4.90 Å². The van der Waals surface area contributed by atoms with Crippen LogP contribution in [0, 0.1) is 17.6 Å². The topological polar surface area (TPSA) is 37.4 Å². The van der Waals surface area contributed by atoms with Gasteiger partial charge in [0.25, 0.3) is 0 Å². The van der Waals surface area contributed by atoms with E-state index in [-0.39, 0.29) is 23.8 Å². The Hall–Kier alpha value is -1.78. The number of hydrogen-bond acceptors (Lipinski definition) is 2. The van der Waals surface area contributed by atoms with Crippen molar-refractivity contribution in [1.29, 1.82) is 0 Å². The Balaban J connectivity index is 2.01. The molecule has 108 valence electrons. The molecular formula is C15H17F2NO2. The summed E-state index contributed by atoms with van der Waals surface area (Å²) in [5.74, 6) is -2.15. The average molecular weight is 281 g/mol. The summed E-state index contributed by atoms with van der Waals surface area (Å²) in [5, 5.41) is 0. The van der Waals surface area contributed by atoms with Gasteiger partial charge >= 0.3 is 0 Å². The first-order valence-corrected chi connectivity index (χ1v) is 6.77. The van der Waals surface area contributed by atoms with Crippen molar-refractivity contribution < 1.29 is 18.4 Å². The minimum Gasteiger partial charge on any atom is -0.335 e. The maximum Gasteiger partial charge on any atom is 0.223 e. The Labute approximate surface area is 116 Å². The summed E-state index contributed by atoms with van der Waals surface area (Å²) in [5.41, 5.74) is 0.0932. The Kier molecular flexibility index (Phi) is 4.47. The van der Waals surface area contributed by atoms with Crippen molar-refractivity contribution in [2.75, 3.05) is 13.1 Å². The maximum atomic E-state index is 13.1. The molecule has 1 aliphatic heterocycles. The van der Waals surface area contributed by atoms with Gasteiger partial charge in [0.2, 0.25) is 5.91 Å². The molecule has 3 nitrogen and oxygen atoms in total. The third-order valence-electron chi connectivity index (χ3n) is 3.57. The number of carbonyl (C=O) groups excluding carboxylic acids is 2. The second kappa shape index (κ2) is 6.11. The first-order valence-electron chi connectivity index (χ1n) is 6.77. The summed E-state index contributed by atoms with van der Waals surface area (Å²) in [6.45, 7) is 2.56. The van der Waals surface area contributed by atoms with Crippen LogP contribution in [-0.4, -0.2) is 29.7 Å². The highest BCUT2D eigenvalue weighted by atomic mass is 19.2. The number of Topliss-reactive ketones (excluding diaryl/α,β-unsaturated/α-hetero) is 1. The molecule has 0 spiro atoms. The molecule has 5 heteroatoms. The van der Waals surface area contributed by atoms with Gasteiger partial charge in [-0.05, 0) is 30.5 Å². The van der Waals surface area contributed by atoms with Crippen molar-refractivity contribution in [2.24, 2.45) is 5.92 Å². The summed E-state index contributed by atoms with van der Waals surface area (Å²) in [4.78, 5) is 25.3. The van der Waals surface area contributed by atoms with E-state index in [2.05, 4.69) is 6.92 Å². The molecule has 1 unspecified atom stereocenters. The Morgan fingerprint density at radius 2 is 2.10 bits per heavy atom. The number of amides is 1. The quantitative estimate of drug-likeness (QED) is 0.778. The molecule has 0 bridgehead atoms. The van der Waals surface area contributed by atoms with Gasteiger partial charge in [-0.15, -0.1) is 0 Å². The summed E-state index contributed by atoms with van der Waals surface area (Å²) in [6, 6.07) is 3.04. The molecule has 1 saturated heterocycles. The fourth-order valence-electron chi connectivity index (χ4n) is 2.54. The molecule has 0 aliphatic carbocycles. The predicted molar refractivity (Wildman–Crippen MR) is 70.3 cm³/mol. The lowest BCUT2D eigenvalue weighted by Gasteiger charge is -2.15. The number of rotatable bonds is 5. The largest absolute Gasteiger partial charge is 0.335 e. The lowest BCUT2D eigenvalue weighted by atomic mass is 10.0. The van der Waals surface area contributed by atoms with Crippen LogP contribution in [0.1, 0.15) is 36.5 Å². The van der Waals surface area contributed by atoms with Gasteiger partial charge < -0.3 is 4.90 Å². The third kappa shape index (κ3) is 3.21. The molecule has 0 saturated carbocycles. The molecule has 1 heterocycles. The maximum absolute atomic E-state index is 13.1. The predicted octanol–water partition coefficient (Wildman–Crippen LogP) is 2.80. The monoisotopic (exact) mass is 281 g/mol. The number of likely N-dealkylation sites (tertiary alicyclic amines) is 1. The molecule has 0 aromatic heterocycles. The molecule has 2 rings (SSSR count). The Morgan fingerprint density at radius 3 is 2.75 bits per heavy atom. The normalized spacial score (nSPS) is 18.6. The first kappa shape index (κ1) is 14.6. The van der Waals surface area contributed by atoms with E-state index in [0.29, 0.717) is 18.9 Å². The van der Waals surface area contributed by atoms with Gasteiger partial charge in [-0.2, -0.15) is 0 Å². The van der Waals surface area contributed by atoms with E-state index >= 15 is 0 Å². The van der Waals surface area contributed by atoms with Gasteiger partial charge in [-0.1, -0.05) is 13.3 Å². The van der Waals surface area contributed by atoms with E-state index in [0.717, 1.165) is 25.0 Å². The fraction of sp³-hybridized carbons (Fsp3) is 0.467. The third-order valence-corrected chi connectivity index (χ3v) is 3.57. The van der Waals surface area contributed by atoms with Crippen LogP contribution in [0.25, 0.3) is 0 Å². The molecule has 1 aromatic carbocycles. The van der Waals surface area contributed by atoms with Crippen LogP contribution in [0.4, 0.5) is 8.78 Å². The number of benzene rings is 1. The van der Waals surface area contributed by atoms with Crippen molar-refractivity contribution in [3.8, 4) is 0 Å². The van der Waals surface area contributed by atoms with E-state index in [1.54, 1.807) is 0 Å². The molecule has 1 aliphatic rings. The second-order valence-corrected chi connectivity index (χ2v) is 5.19. The summed E-state index contributed by atoms with van der Waals surface area (Å²) >= 11 is 0. The van der Waals surface area contributed by atoms with Crippen molar-refractivity contribution >= 4 is 11.7 Å². The highest BCUT2D eigenvalue weighted by Crippen LogP contribution is 2.22. The van der Waals surface area contributed by atoms with Crippen molar-refractivity contribution in [3.63, 3.8) is 0 Å². The summed E-state index contributed by atoms with van der Waals surface area (Å²) in [7, 11) is 0. The zero-order valence-corrected chi connectivity index (χ0v) is 11.4. The van der Waals surface area contributed by atoms with E-state index < -0.39 is 11.6 Å². The highest BCUT2D eigenvalue weighted by Gasteiger charge is 2.30. The number of halogens is 2. The molecule has 20 heavy (non-hydrogen) atoms. The lowest BCUT2D eigenvalue weighted by Crippen LogP contribution is -2.31. The summed E-state index contributed by atoms with van der Waals surface area (Å²) < 4.78 is 25.9. The molecule has 1 atom stereocenters. The lowest BCUT2D eigenvalue weighted by molar-refractivity contribution is -0.127. The van der Waals surface area contributed by atoms with Crippen molar-refractivity contribution in [3.05, 3.63) is 35.4 Å². The van der Waals surface area contributed by atoms with E-state index in [9.17, 15) is 18.4 Å². The zero-order chi connectivity index (χ0) is 14.7. The molecule has 0 N–H and O–H groups in total. The average Bonchev–Trinajstić information content (AvgIpc) is 2.73. The number of carbonyl (C=O) groups is 2. The van der Waals surface area contributed by atoms with Gasteiger partial charge in [-0.3, -0.25) is 9.59 Å². The Bertz CT molecular complexity index is 531. The summed E-state index contributed by atoms with van der Waals surface area (Å²) in [6.07, 6.45) is 2.43. The van der Waals surface area contributed by atoms with Crippen molar-refractivity contribution in [2.45, 2.75) is 26.2 Å². The van der Waals surface area contributed by atoms with E-state index in [1.165, 1.54) is 11.0 Å². The molecule has 1 fully saturated rings. The van der Waals surface area contributed by atoms with Gasteiger partial charge in [-0.25, -0.2) is 8.78 Å². The standard InChI is InChI=1S/C15H17F2NO2/c1-2-3-10-6-15(20)18(8-10)9-14(19)11-4-5-12(16)13(17)7-11/h4-5,7,10H,2-3,6,8-9H2,1H3. The number of ketones is 1. The van der Waals surface area contributed by atoms with Crippen LogP contribution < -0.4 is 0 Å². The van der Waals surface area contributed by atoms with Gasteiger partial charge in [0.15, 0.2) is 17.4 Å². The zero-order valence-electron chi connectivity index (χ0n) is 11.4. The SMILES string of the molecule is CCCC1CC(=O)N(CC(=O)c2ccc(F)c(F)c2)C1. The van der Waals surface area contributed by atoms with E-state index in [4.69, 9.17) is 0 Å². The van der Waals surface area contributed by atoms with Gasteiger partial charge in [0, 0.05) is 18.5 Å². The Morgan fingerprint density at radius 1 is 1.35 bits per heavy atom. The van der Waals surface area contributed by atoms with Crippen LogP contribution in [-0.2, 0) is 4.79 Å². The minimum atomic E-state index is -1.05. The number of hydrogen-bond donors (Lipinski definition) is 0. The smallest absolute Gasteiger partial charge is 0.223 e. The first-order chi connectivity index (χ1) is 9.51. The van der Waals surface area contributed by atoms with Crippen LogP contribution in [0.2, 0.25) is 0 Å². The van der Waals surface area contributed by atoms with Crippen LogP contribution in [0.3, 0.4) is 0 Å². The van der Waals surface area contributed by atoms with Crippen LogP contribution in [0.5, 0.6) is 0 Å². The van der Waals surface area contributed by atoms with Crippen LogP contribution in [0.15, 0.2) is 18.2 Å². The number of nitrogens with zero attached hydrogens (tertiary/aromatic N) is 1. The molecular weight excluding hydrogens is 264 g/mol. The highest BCUT2D eigenvalue weighted by molar-refractivity contribution is 5.99. The van der Waals surface area contributed by atoms with Gasteiger partial charge in [0.05, 0.1) is 6.54 Å². The fourth-order valence-corrected chi connectivity index (χ4v) is 2.54. The second-order valence-electron chi connectivity index (χ2n) is 5.19.